The second-order valence-electron chi connectivity index (χ2n) is 4.98. The van der Waals surface area contributed by atoms with Gasteiger partial charge >= 0.3 is 0 Å². The van der Waals surface area contributed by atoms with Gasteiger partial charge in [0.2, 0.25) is 0 Å². The summed E-state index contributed by atoms with van der Waals surface area (Å²) < 4.78 is 11.2. The van der Waals surface area contributed by atoms with E-state index in [4.69, 9.17) is 9.47 Å². The van der Waals surface area contributed by atoms with Crippen molar-refractivity contribution in [1.29, 1.82) is 0 Å². The molecule has 1 N–H and O–H groups in total. The highest BCUT2D eigenvalue weighted by Gasteiger charge is 2.14. The number of piperazine rings is 1. The number of hydrogen-bond acceptors (Lipinski definition) is 4. The van der Waals surface area contributed by atoms with Gasteiger partial charge in [0.25, 0.3) is 0 Å². The zero-order valence-electron chi connectivity index (χ0n) is 12.2. The van der Waals surface area contributed by atoms with Crippen LogP contribution in [0.25, 0.3) is 0 Å². The summed E-state index contributed by atoms with van der Waals surface area (Å²) in [6.45, 7) is 4.03. The molecule has 110 valence electrons. The third kappa shape index (κ3) is 3.28. The topological polar surface area (TPSA) is 33.7 Å². The number of rotatable bonds is 4. The fourth-order valence-electron chi connectivity index (χ4n) is 2.48. The van der Waals surface area contributed by atoms with Gasteiger partial charge in [-0.1, -0.05) is 12.1 Å². The molecular weight excluding hydrogens is 264 g/mol. The van der Waals surface area contributed by atoms with Gasteiger partial charge in [-0.25, -0.2) is 0 Å². The van der Waals surface area contributed by atoms with Crippen molar-refractivity contribution in [2.24, 2.45) is 0 Å². The molecule has 0 radical (unpaired) electrons. The van der Waals surface area contributed by atoms with Gasteiger partial charge in [0.05, 0.1) is 12.8 Å². The Labute approximate surface area is 125 Å². The number of nitrogens with one attached hydrogen (secondary N) is 1. The number of para-hydroxylation sites is 2. The number of hydrogen-bond donors (Lipinski definition) is 1. The van der Waals surface area contributed by atoms with Gasteiger partial charge in [-0.2, -0.15) is 0 Å². The van der Waals surface area contributed by atoms with Crippen molar-refractivity contribution < 1.29 is 9.47 Å². The van der Waals surface area contributed by atoms with Crippen molar-refractivity contribution in [3.63, 3.8) is 0 Å². The SMILES string of the molecule is COc1ccc(Oc2ccccc2N2CCNCC2)cc1. The van der Waals surface area contributed by atoms with Crippen LogP contribution in [0.1, 0.15) is 0 Å². The molecule has 4 heteroatoms. The summed E-state index contributed by atoms with van der Waals surface area (Å²) in [6.07, 6.45) is 0. The van der Waals surface area contributed by atoms with Crippen LogP contribution in [0.15, 0.2) is 48.5 Å². The second kappa shape index (κ2) is 6.50. The first kappa shape index (κ1) is 13.8. The molecule has 2 aromatic rings. The molecule has 1 saturated heterocycles. The summed E-state index contributed by atoms with van der Waals surface area (Å²) in [4.78, 5) is 2.36. The van der Waals surface area contributed by atoms with Crippen LogP contribution < -0.4 is 19.7 Å². The molecule has 0 aromatic heterocycles. The first-order valence-corrected chi connectivity index (χ1v) is 7.23. The van der Waals surface area contributed by atoms with E-state index in [0.717, 1.165) is 49.1 Å². The van der Waals surface area contributed by atoms with Crippen LogP contribution in [0, 0.1) is 0 Å². The molecule has 0 saturated carbocycles. The lowest BCUT2D eigenvalue weighted by atomic mass is 10.2. The molecule has 1 aliphatic rings. The Bertz CT molecular complexity index is 578. The predicted octanol–water partition coefficient (Wildman–Crippen LogP) is 2.90. The van der Waals surface area contributed by atoms with E-state index in [0.29, 0.717) is 0 Å². The Kier molecular flexibility index (Phi) is 4.26. The third-order valence-electron chi connectivity index (χ3n) is 3.61. The van der Waals surface area contributed by atoms with Crippen molar-refractivity contribution in [1.82, 2.24) is 5.32 Å². The minimum atomic E-state index is 0.818. The Hall–Kier alpha value is -2.20. The van der Waals surface area contributed by atoms with E-state index in [9.17, 15) is 0 Å². The van der Waals surface area contributed by atoms with E-state index in [2.05, 4.69) is 22.3 Å². The van der Waals surface area contributed by atoms with Crippen LogP contribution in [0.4, 0.5) is 5.69 Å². The normalized spacial score (nSPS) is 14.8. The van der Waals surface area contributed by atoms with E-state index < -0.39 is 0 Å². The first-order chi connectivity index (χ1) is 10.4. The second-order valence-corrected chi connectivity index (χ2v) is 4.98. The van der Waals surface area contributed by atoms with E-state index >= 15 is 0 Å². The maximum Gasteiger partial charge on any atom is 0.150 e. The number of benzene rings is 2. The maximum atomic E-state index is 6.04. The van der Waals surface area contributed by atoms with Gasteiger partial charge in [0.15, 0.2) is 5.75 Å². The van der Waals surface area contributed by atoms with Gasteiger partial charge in [-0.05, 0) is 36.4 Å². The average Bonchev–Trinajstić information content (AvgIpc) is 2.57. The summed E-state index contributed by atoms with van der Waals surface area (Å²) in [6, 6.07) is 15.8. The van der Waals surface area contributed by atoms with Crippen LogP contribution in [0.5, 0.6) is 17.2 Å². The van der Waals surface area contributed by atoms with Gasteiger partial charge in [-0.3, -0.25) is 0 Å². The minimum absolute atomic E-state index is 0.818. The van der Waals surface area contributed by atoms with Crippen molar-refractivity contribution in [2.75, 3.05) is 38.2 Å². The Morgan fingerprint density at radius 1 is 0.905 bits per heavy atom. The highest BCUT2D eigenvalue weighted by atomic mass is 16.5. The average molecular weight is 284 g/mol. The quantitative estimate of drug-likeness (QED) is 0.936. The lowest BCUT2D eigenvalue weighted by Gasteiger charge is -2.30. The largest absolute Gasteiger partial charge is 0.497 e. The predicted molar refractivity (Wildman–Crippen MR) is 84.6 cm³/mol. The zero-order chi connectivity index (χ0) is 14.5. The summed E-state index contributed by atoms with van der Waals surface area (Å²) in [5.41, 5.74) is 1.15. The van der Waals surface area contributed by atoms with E-state index in [1.165, 1.54) is 0 Å². The van der Waals surface area contributed by atoms with Crippen LogP contribution >= 0.6 is 0 Å². The van der Waals surface area contributed by atoms with Crippen LogP contribution in [0.3, 0.4) is 0 Å². The van der Waals surface area contributed by atoms with Gasteiger partial charge in [0, 0.05) is 26.2 Å². The van der Waals surface area contributed by atoms with E-state index in [-0.39, 0.29) is 0 Å². The third-order valence-corrected chi connectivity index (χ3v) is 3.61. The fraction of sp³-hybridized carbons (Fsp3) is 0.294. The number of nitrogens with zero attached hydrogens (tertiary/aromatic N) is 1. The van der Waals surface area contributed by atoms with Crippen LogP contribution in [0.2, 0.25) is 0 Å². The molecule has 0 aliphatic carbocycles. The lowest BCUT2D eigenvalue weighted by Crippen LogP contribution is -2.43. The number of anilines is 1. The molecule has 1 heterocycles. The molecule has 0 amide bonds. The molecule has 3 rings (SSSR count). The summed E-state index contributed by atoms with van der Waals surface area (Å²) >= 11 is 0. The smallest absolute Gasteiger partial charge is 0.150 e. The Morgan fingerprint density at radius 2 is 1.57 bits per heavy atom. The molecule has 4 nitrogen and oxygen atoms in total. The van der Waals surface area contributed by atoms with Crippen molar-refractivity contribution in [2.45, 2.75) is 0 Å². The Balaban J connectivity index is 1.80. The monoisotopic (exact) mass is 284 g/mol. The molecule has 0 unspecified atom stereocenters. The van der Waals surface area contributed by atoms with Gasteiger partial charge in [0.1, 0.15) is 11.5 Å². The van der Waals surface area contributed by atoms with Gasteiger partial charge < -0.3 is 19.7 Å². The van der Waals surface area contributed by atoms with E-state index in [1.54, 1.807) is 7.11 Å². The first-order valence-electron chi connectivity index (χ1n) is 7.23. The van der Waals surface area contributed by atoms with Crippen LogP contribution in [-0.2, 0) is 0 Å². The highest BCUT2D eigenvalue weighted by molar-refractivity contribution is 5.60. The summed E-state index contributed by atoms with van der Waals surface area (Å²) in [5, 5.41) is 3.37. The maximum absolute atomic E-state index is 6.04. The minimum Gasteiger partial charge on any atom is -0.497 e. The van der Waals surface area contributed by atoms with Crippen molar-refractivity contribution in [3.8, 4) is 17.2 Å². The molecule has 2 aromatic carbocycles. The van der Waals surface area contributed by atoms with Crippen LogP contribution in [-0.4, -0.2) is 33.3 Å². The molecule has 0 atom stereocenters. The molecule has 1 fully saturated rings. The molecular formula is C17H20N2O2. The van der Waals surface area contributed by atoms with Gasteiger partial charge in [-0.15, -0.1) is 0 Å². The standard InChI is InChI=1S/C17H20N2O2/c1-20-14-6-8-15(9-7-14)21-17-5-3-2-4-16(17)19-12-10-18-11-13-19/h2-9,18H,10-13H2,1H3. The van der Waals surface area contributed by atoms with Crippen molar-refractivity contribution >= 4 is 5.69 Å². The van der Waals surface area contributed by atoms with E-state index in [1.807, 2.05) is 36.4 Å². The highest BCUT2D eigenvalue weighted by Crippen LogP contribution is 2.32. The number of methoxy groups -OCH3 is 1. The Morgan fingerprint density at radius 3 is 2.29 bits per heavy atom. The summed E-state index contributed by atoms with van der Waals surface area (Å²) in [7, 11) is 1.66. The lowest BCUT2D eigenvalue weighted by molar-refractivity contribution is 0.413. The number of ether oxygens (including phenoxy) is 2. The fourth-order valence-corrected chi connectivity index (χ4v) is 2.48. The molecule has 0 bridgehead atoms. The summed E-state index contributed by atoms with van der Waals surface area (Å²) in [5.74, 6) is 2.54. The zero-order valence-corrected chi connectivity index (χ0v) is 12.2. The molecule has 1 aliphatic heterocycles. The molecule has 0 spiro atoms. The van der Waals surface area contributed by atoms with Crippen molar-refractivity contribution in [3.05, 3.63) is 48.5 Å². The molecule has 21 heavy (non-hydrogen) atoms.